The first kappa shape index (κ1) is 14.1. The molecule has 3 aromatic heterocycles. The van der Waals surface area contributed by atoms with E-state index in [1.807, 2.05) is 28.8 Å². The van der Waals surface area contributed by atoms with Gasteiger partial charge in [-0.3, -0.25) is 9.20 Å². The summed E-state index contributed by atoms with van der Waals surface area (Å²) in [5.74, 6) is 0.675. The van der Waals surface area contributed by atoms with E-state index in [1.54, 1.807) is 5.38 Å². The van der Waals surface area contributed by atoms with Gasteiger partial charge in [0.2, 0.25) is 0 Å². The molecule has 2 N–H and O–H groups in total. The summed E-state index contributed by atoms with van der Waals surface area (Å²) < 4.78 is 1.92. The number of nitrogens with zero attached hydrogens (tertiary/aromatic N) is 4. The fourth-order valence-corrected chi connectivity index (χ4v) is 3.06. The first-order valence-electron chi connectivity index (χ1n) is 7.58. The summed E-state index contributed by atoms with van der Waals surface area (Å²) in [6, 6.07) is 6.30. The molecule has 0 aromatic carbocycles. The predicted octanol–water partition coefficient (Wildman–Crippen LogP) is 1.73. The normalized spacial score (nSPS) is 14.1. The summed E-state index contributed by atoms with van der Waals surface area (Å²) in [5.41, 5.74) is 1.27. The Hall–Kier alpha value is -2.48. The van der Waals surface area contributed by atoms with E-state index >= 15 is 0 Å². The van der Waals surface area contributed by atoms with Crippen LogP contribution >= 0.6 is 11.3 Å². The Kier molecular flexibility index (Phi) is 3.66. The highest BCUT2D eigenvalue weighted by molar-refractivity contribution is 7.13. The zero-order chi connectivity index (χ0) is 15.6. The van der Waals surface area contributed by atoms with E-state index in [4.69, 9.17) is 0 Å². The van der Waals surface area contributed by atoms with Crippen LogP contribution in [-0.4, -0.2) is 38.1 Å². The number of carbonyl (C=O) groups is 1. The molecule has 0 spiro atoms. The molecule has 0 radical (unpaired) electrons. The zero-order valence-electron chi connectivity index (χ0n) is 12.4. The quantitative estimate of drug-likeness (QED) is 0.720. The van der Waals surface area contributed by atoms with E-state index in [1.165, 1.54) is 24.2 Å². The number of amides is 1. The molecule has 8 heteroatoms. The van der Waals surface area contributed by atoms with Crippen LogP contribution < -0.4 is 10.6 Å². The van der Waals surface area contributed by atoms with Gasteiger partial charge in [0.15, 0.2) is 10.8 Å². The van der Waals surface area contributed by atoms with Crippen molar-refractivity contribution in [1.29, 1.82) is 0 Å². The van der Waals surface area contributed by atoms with Crippen LogP contribution in [-0.2, 0) is 6.42 Å². The number of aromatic nitrogens is 4. The molecule has 0 unspecified atom stereocenters. The SMILES string of the molecule is O=C(NCCc1nnc2ccccn12)c1csc(NC2CC2)n1. The van der Waals surface area contributed by atoms with Gasteiger partial charge in [-0.05, 0) is 25.0 Å². The van der Waals surface area contributed by atoms with Crippen molar-refractivity contribution in [3.05, 3.63) is 41.3 Å². The smallest absolute Gasteiger partial charge is 0.270 e. The Balaban J connectivity index is 1.33. The third kappa shape index (κ3) is 3.16. The molecule has 1 aliphatic rings. The average molecular weight is 328 g/mol. The number of hydrogen-bond acceptors (Lipinski definition) is 6. The van der Waals surface area contributed by atoms with Crippen molar-refractivity contribution in [2.75, 3.05) is 11.9 Å². The minimum atomic E-state index is -0.154. The van der Waals surface area contributed by atoms with Crippen LogP contribution in [0.2, 0.25) is 0 Å². The number of thiazole rings is 1. The molecular weight excluding hydrogens is 312 g/mol. The largest absolute Gasteiger partial charge is 0.359 e. The Labute approximate surface area is 136 Å². The van der Waals surface area contributed by atoms with Gasteiger partial charge in [0.25, 0.3) is 5.91 Å². The van der Waals surface area contributed by atoms with E-state index in [9.17, 15) is 4.79 Å². The lowest BCUT2D eigenvalue weighted by molar-refractivity contribution is 0.0949. The van der Waals surface area contributed by atoms with E-state index in [-0.39, 0.29) is 5.91 Å². The highest BCUT2D eigenvalue weighted by Gasteiger charge is 2.22. The molecular formula is C15H16N6OS. The maximum Gasteiger partial charge on any atom is 0.270 e. The second-order valence-electron chi connectivity index (χ2n) is 5.51. The van der Waals surface area contributed by atoms with Crippen molar-refractivity contribution in [2.24, 2.45) is 0 Å². The Morgan fingerprint density at radius 3 is 3.13 bits per heavy atom. The van der Waals surface area contributed by atoms with Crippen molar-refractivity contribution in [1.82, 2.24) is 24.9 Å². The monoisotopic (exact) mass is 328 g/mol. The van der Waals surface area contributed by atoms with Gasteiger partial charge in [0.05, 0.1) is 0 Å². The molecule has 3 aromatic rings. The predicted molar refractivity (Wildman–Crippen MR) is 87.8 cm³/mol. The number of rotatable bonds is 6. The summed E-state index contributed by atoms with van der Waals surface area (Å²) in [5, 5.41) is 17.0. The highest BCUT2D eigenvalue weighted by Crippen LogP contribution is 2.26. The summed E-state index contributed by atoms with van der Waals surface area (Å²) in [6.07, 6.45) is 4.91. The molecule has 0 aliphatic heterocycles. The number of nitrogens with one attached hydrogen (secondary N) is 2. The summed E-state index contributed by atoms with van der Waals surface area (Å²) in [6.45, 7) is 0.497. The molecule has 0 bridgehead atoms. The van der Waals surface area contributed by atoms with Crippen LogP contribution in [0.1, 0.15) is 29.2 Å². The van der Waals surface area contributed by atoms with E-state index in [2.05, 4.69) is 25.8 Å². The molecule has 1 saturated carbocycles. The molecule has 7 nitrogen and oxygen atoms in total. The first-order valence-corrected chi connectivity index (χ1v) is 8.46. The standard InChI is InChI=1S/C15H16N6OS/c22-14(11-9-23-15(18-11)17-10-4-5-10)16-7-6-13-20-19-12-3-1-2-8-21(12)13/h1-3,8-10H,4-7H2,(H,16,22)(H,17,18). The summed E-state index contributed by atoms with van der Waals surface area (Å²) in [7, 11) is 0. The minimum Gasteiger partial charge on any atom is -0.359 e. The number of fused-ring (bicyclic) bond motifs is 1. The Bertz CT molecular complexity index is 837. The topological polar surface area (TPSA) is 84.2 Å². The molecule has 23 heavy (non-hydrogen) atoms. The summed E-state index contributed by atoms with van der Waals surface area (Å²) in [4.78, 5) is 16.4. The van der Waals surface area contributed by atoms with Gasteiger partial charge in [-0.2, -0.15) is 0 Å². The summed E-state index contributed by atoms with van der Waals surface area (Å²) >= 11 is 1.47. The van der Waals surface area contributed by atoms with Crippen molar-refractivity contribution in [3.8, 4) is 0 Å². The van der Waals surface area contributed by atoms with Gasteiger partial charge in [-0.15, -0.1) is 21.5 Å². The third-order valence-electron chi connectivity index (χ3n) is 3.66. The average Bonchev–Trinajstić information content (AvgIpc) is 3.09. The van der Waals surface area contributed by atoms with Gasteiger partial charge in [0.1, 0.15) is 11.5 Å². The van der Waals surface area contributed by atoms with Crippen LogP contribution in [0.3, 0.4) is 0 Å². The lowest BCUT2D eigenvalue weighted by Crippen LogP contribution is -2.26. The van der Waals surface area contributed by atoms with Crippen molar-refractivity contribution in [3.63, 3.8) is 0 Å². The molecule has 0 atom stereocenters. The highest BCUT2D eigenvalue weighted by atomic mass is 32.1. The number of hydrogen-bond donors (Lipinski definition) is 2. The minimum absolute atomic E-state index is 0.154. The van der Waals surface area contributed by atoms with E-state index in [0.29, 0.717) is 24.7 Å². The van der Waals surface area contributed by atoms with E-state index < -0.39 is 0 Å². The molecule has 1 amide bonds. The van der Waals surface area contributed by atoms with Gasteiger partial charge >= 0.3 is 0 Å². The van der Waals surface area contributed by atoms with Crippen LogP contribution in [0.25, 0.3) is 5.65 Å². The maximum atomic E-state index is 12.1. The Morgan fingerprint density at radius 2 is 2.26 bits per heavy atom. The van der Waals surface area contributed by atoms with Gasteiger partial charge in [-0.1, -0.05) is 6.07 Å². The van der Waals surface area contributed by atoms with Crippen molar-refractivity contribution >= 4 is 28.0 Å². The molecule has 1 fully saturated rings. The number of anilines is 1. The zero-order valence-corrected chi connectivity index (χ0v) is 13.2. The third-order valence-corrected chi connectivity index (χ3v) is 4.43. The second kappa shape index (κ2) is 5.96. The fraction of sp³-hybridized carbons (Fsp3) is 0.333. The Morgan fingerprint density at radius 1 is 1.35 bits per heavy atom. The first-order chi connectivity index (χ1) is 11.3. The number of carbonyl (C=O) groups excluding carboxylic acids is 1. The lowest BCUT2D eigenvalue weighted by Gasteiger charge is -2.02. The molecule has 1 aliphatic carbocycles. The van der Waals surface area contributed by atoms with Crippen LogP contribution in [0, 0.1) is 0 Å². The van der Waals surface area contributed by atoms with Gasteiger partial charge < -0.3 is 10.6 Å². The van der Waals surface area contributed by atoms with Gasteiger partial charge in [0, 0.05) is 30.6 Å². The van der Waals surface area contributed by atoms with Crippen LogP contribution in [0.4, 0.5) is 5.13 Å². The van der Waals surface area contributed by atoms with E-state index in [0.717, 1.165) is 16.6 Å². The number of pyridine rings is 1. The van der Waals surface area contributed by atoms with Crippen molar-refractivity contribution < 1.29 is 4.79 Å². The molecule has 118 valence electrons. The molecule has 4 rings (SSSR count). The fourth-order valence-electron chi connectivity index (χ4n) is 2.29. The second-order valence-corrected chi connectivity index (χ2v) is 6.37. The van der Waals surface area contributed by atoms with Crippen LogP contribution in [0.5, 0.6) is 0 Å². The maximum absolute atomic E-state index is 12.1. The van der Waals surface area contributed by atoms with Crippen LogP contribution in [0.15, 0.2) is 29.8 Å². The molecule has 3 heterocycles. The van der Waals surface area contributed by atoms with Crippen molar-refractivity contribution in [2.45, 2.75) is 25.3 Å². The lowest BCUT2D eigenvalue weighted by atomic mass is 10.3. The molecule has 0 saturated heterocycles. The van der Waals surface area contributed by atoms with Gasteiger partial charge in [-0.25, -0.2) is 4.98 Å².